The number of nitrogens with zero attached hydrogens (tertiary/aromatic N) is 1. The molecule has 3 aromatic rings. The third-order valence-electron chi connectivity index (χ3n) is 5.29. The van der Waals surface area contributed by atoms with Gasteiger partial charge in [0.25, 0.3) is 0 Å². The van der Waals surface area contributed by atoms with Crippen molar-refractivity contribution in [3.63, 3.8) is 0 Å². The summed E-state index contributed by atoms with van der Waals surface area (Å²) in [7, 11) is 0. The van der Waals surface area contributed by atoms with Gasteiger partial charge in [-0.1, -0.05) is 85.3 Å². The van der Waals surface area contributed by atoms with E-state index in [9.17, 15) is 5.11 Å². The molecule has 1 N–H and O–H groups in total. The number of halogens is 1. The molecule has 1 aliphatic rings. The lowest BCUT2D eigenvalue weighted by molar-refractivity contribution is -0.181. The Morgan fingerprint density at radius 1 is 0.964 bits per heavy atom. The van der Waals surface area contributed by atoms with Crippen molar-refractivity contribution in [1.29, 1.82) is 0 Å². The Balaban J connectivity index is 1.86. The summed E-state index contributed by atoms with van der Waals surface area (Å²) in [6.07, 6.45) is 0.178. The van der Waals surface area contributed by atoms with Gasteiger partial charge in [-0.2, -0.15) is 0 Å². The van der Waals surface area contributed by atoms with Crippen LogP contribution in [0, 0.1) is 0 Å². The molecule has 0 saturated heterocycles. The van der Waals surface area contributed by atoms with Gasteiger partial charge in [0.2, 0.25) is 0 Å². The van der Waals surface area contributed by atoms with Gasteiger partial charge < -0.3 is 9.84 Å². The third-order valence-corrected chi connectivity index (χ3v) is 5.55. The van der Waals surface area contributed by atoms with Gasteiger partial charge in [0.05, 0.1) is 6.61 Å². The van der Waals surface area contributed by atoms with Crippen LogP contribution in [0.3, 0.4) is 0 Å². The molecule has 0 fully saturated rings. The molecule has 0 aliphatic carbocycles. The van der Waals surface area contributed by atoms with Crippen LogP contribution in [0.1, 0.15) is 41.8 Å². The summed E-state index contributed by atoms with van der Waals surface area (Å²) in [6.45, 7) is 3.25. The summed E-state index contributed by atoms with van der Waals surface area (Å²) in [5.74, 6) is 0. The molecule has 3 nitrogen and oxygen atoms in total. The zero-order chi connectivity index (χ0) is 19.6. The number of aliphatic hydroxyl groups excluding tert-OH is 1. The average molecular weight is 394 g/mol. The summed E-state index contributed by atoms with van der Waals surface area (Å²) < 4.78 is 6.69. The number of fused-ring (bicyclic) bond motifs is 1. The van der Waals surface area contributed by atoms with E-state index >= 15 is 0 Å². The van der Waals surface area contributed by atoms with Gasteiger partial charge in [0.15, 0.2) is 5.72 Å². The molecule has 2 atom stereocenters. The lowest BCUT2D eigenvalue weighted by Crippen LogP contribution is -2.46. The van der Waals surface area contributed by atoms with Crippen LogP contribution in [0.2, 0.25) is 5.02 Å². The largest absolute Gasteiger partial charge is 0.374 e. The van der Waals surface area contributed by atoms with Crippen LogP contribution >= 0.6 is 11.6 Å². The smallest absolute Gasteiger partial charge is 0.177 e. The second-order valence-electron chi connectivity index (χ2n) is 7.08. The van der Waals surface area contributed by atoms with Crippen molar-refractivity contribution in [3.8, 4) is 0 Å². The average Bonchev–Trinajstić information content (AvgIpc) is 2.97. The van der Waals surface area contributed by atoms with E-state index in [-0.39, 0.29) is 0 Å². The summed E-state index contributed by atoms with van der Waals surface area (Å²) in [4.78, 5) is 2.05. The highest BCUT2D eigenvalue weighted by molar-refractivity contribution is 6.30. The molecule has 0 spiro atoms. The van der Waals surface area contributed by atoms with E-state index in [2.05, 4.69) is 19.1 Å². The molecule has 1 aliphatic heterocycles. The van der Waals surface area contributed by atoms with E-state index < -0.39 is 12.0 Å². The van der Waals surface area contributed by atoms with Gasteiger partial charge in [-0.05, 0) is 24.1 Å². The molecular formula is C24H24ClNO2. The fraction of sp³-hybridized carbons (Fsp3) is 0.250. The van der Waals surface area contributed by atoms with E-state index in [4.69, 9.17) is 16.3 Å². The third kappa shape index (κ3) is 3.25. The van der Waals surface area contributed by atoms with E-state index in [1.54, 1.807) is 0 Å². The van der Waals surface area contributed by atoms with Crippen LogP contribution in [-0.2, 0) is 17.1 Å². The van der Waals surface area contributed by atoms with Crippen molar-refractivity contribution >= 4 is 11.6 Å². The minimum absolute atomic E-state index is 0.435. The summed E-state index contributed by atoms with van der Waals surface area (Å²) in [6, 6.07) is 25.8. The first-order valence-corrected chi connectivity index (χ1v) is 10.0. The first-order chi connectivity index (χ1) is 13.7. The molecule has 1 heterocycles. The zero-order valence-electron chi connectivity index (χ0n) is 15.9. The van der Waals surface area contributed by atoms with E-state index in [1.165, 1.54) is 0 Å². The van der Waals surface area contributed by atoms with Crippen LogP contribution in [0.15, 0.2) is 78.9 Å². The number of hydrogen-bond donors (Lipinski definition) is 1. The normalized spacial score (nSPS) is 21.6. The molecular weight excluding hydrogens is 370 g/mol. The summed E-state index contributed by atoms with van der Waals surface area (Å²) in [5, 5.41) is 11.8. The minimum Gasteiger partial charge on any atom is -0.374 e. The minimum atomic E-state index is -0.869. The predicted molar refractivity (Wildman–Crippen MR) is 112 cm³/mol. The molecule has 0 amide bonds. The zero-order valence-corrected chi connectivity index (χ0v) is 16.6. The number of benzene rings is 3. The highest BCUT2D eigenvalue weighted by Gasteiger charge is 2.51. The monoisotopic (exact) mass is 393 g/mol. The molecule has 144 valence electrons. The Kier molecular flexibility index (Phi) is 5.51. The van der Waals surface area contributed by atoms with Crippen molar-refractivity contribution in [3.05, 3.63) is 106 Å². The number of rotatable bonds is 6. The molecule has 28 heavy (non-hydrogen) atoms. The van der Waals surface area contributed by atoms with Gasteiger partial charge in [-0.3, -0.25) is 0 Å². The molecule has 4 heteroatoms. The molecule has 0 radical (unpaired) electrons. The van der Waals surface area contributed by atoms with E-state index in [0.29, 0.717) is 18.2 Å². The second kappa shape index (κ2) is 8.06. The van der Waals surface area contributed by atoms with Crippen molar-refractivity contribution < 1.29 is 9.84 Å². The van der Waals surface area contributed by atoms with E-state index in [1.807, 2.05) is 71.6 Å². The maximum absolute atomic E-state index is 11.1. The molecule has 4 rings (SSSR count). The predicted octanol–water partition coefficient (Wildman–Crippen LogP) is 5.47. The number of hydrogen-bond acceptors (Lipinski definition) is 3. The highest BCUT2D eigenvalue weighted by atomic mass is 35.5. The highest BCUT2D eigenvalue weighted by Crippen LogP contribution is 2.50. The lowest BCUT2D eigenvalue weighted by atomic mass is 9.93. The van der Waals surface area contributed by atoms with Gasteiger partial charge in [0.1, 0.15) is 6.23 Å². The number of aliphatic hydroxyl groups is 1. The fourth-order valence-electron chi connectivity index (χ4n) is 4.05. The van der Waals surface area contributed by atoms with Crippen LogP contribution < -0.4 is 0 Å². The van der Waals surface area contributed by atoms with Crippen LogP contribution in [-0.4, -0.2) is 16.6 Å². The van der Waals surface area contributed by atoms with E-state index in [0.717, 1.165) is 28.7 Å². The molecule has 0 saturated carbocycles. The quantitative estimate of drug-likeness (QED) is 0.602. The Bertz CT molecular complexity index is 929. The SMILES string of the molecule is CCCN1C(O)c2ccccc2C1(OCc1ccccc1)c1ccc(Cl)cc1. The second-order valence-corrected chi connectivity index (χ2v) is 7.52. The fourth-order valence-corrected chi connectivity index (χ4v) is 4.18. The maximum Gasteiger partial charge on any atom is 0.177 e. The van der Waals surface area contributed by atoms with Crippen LogP contribution in [0.5, 0.6) is 0 Å². The Morgan fingerprint density at radius 3 is 2.36 bits per heavy atom. The molecule has 2 unspecified atom stereocenters. The molecule has 0 aromatic heterocycles. The van der Waals surface area contributed by atoms with Crippen molar-refractivity contribution in [2.75, 3.05) is 6.54 Å². The van der Waals surface area contributed by atoms with Gasteiger partial charge >= 0.3 is 0 Å². The van der Waals surface area contributed by atoms with Crippen molar-refractivity contribution in [1.82, 2.24) is 4.90 Å². The maximum atomic E-state index is 11.1. The van der Waals surface area contributed by atoms with Crippen molar-refractivity contribution in [2.24, 2.45) is 0 Å². The van der Waals surface area contributed by atoms with Crippen molar-refractivity contribution in [2.45, 2.75) is 31.9 Å². The molecule has 3 aromatic carbocycles. The Hall–Kier alpha value is -2.17. The van der Waals surface area contributed by atoms with Crippen LogP contribution in [0.25, 0.3) is 0 Å². The lowest BCUT2D eigenvalue weighted by Gasteiger charge is -2.40. The summed E-state index contributed by atoms with van der Waals surface area (Å²) in [5.41, 5.74) is 3.05. The first kappa shape index (κ1) is 19.2. The first-order valence-electron chi connectivity index (χ1n) is 9.65. The Morgan fingerprint density at radius 2 is 1.64 bits per heavy atom. The molecule has 0 bridgehead atoms. The topological polar surface area (TPSA) is 32.7 Å². The Labute approximate surface area is 171 Å². The summed E-state index contributed by atoms with van der Waals surface area (Å²) >= 11 is 6.16. The standard InChI is InChI=1S/C24H24ClNO2/c1-2-16-26-23(27)21-10-6-7-11-22(21)24(26,19-12-14-20(25)15-13-19)28-17-18-8-4-3-5-9-18/h3-15,23,27H,2,16-17H2,1H3. The van der Waals surface area contributed by atoms with Gasteiger partial charge in [-0.25, -0.2) is 4.90 Å². The van der Waals surface area contributed by atoms with Gasteiger partial charge in [0, 0.05) is 28.3 Å². The number of ether oxygens (including phenoxy) is 1. The van der Waals surface area contributed by atoms with Gasteiger partial charge in [-0.15, -0.1) is 0 Å². The van der Waals surface area contributed by atoms with Crippen LogP contribution in [0.4, 0.5) is 0 Å².